The summed E-state index contributed by atoms with van der Waals surface area (Å²) in [7, 11) is 0. The van der Waals surface area contributed by atoms with E-state index in [1.54, 1.807) is 11.3 Å². The Labute approximate surface area is 86.8 Å². The van der Waals surface area contributed by atoms with Gasteiger partial charge < -0.3 is 20.6 Å². The average molecular weight is 217 g/mol. The number of thiophene rings is 1. The molecule has 0 radical (unpaired) electrons. The lowest BCUT2D eigenvalue weighted by molar-refractivity contribution is 0.0415. The van der Waals surface area contributed by atoms with Crippen molar-refractivity contribution in [1.29, 1.82) is 0 Å². The summed E-state index contributed by atoms with van der Waals surface area (Å²) < 4.78 is 0. The van der Waals surface area contributed by atoms with E-state index in [0.29, 0.717) is 6.54 Å². The highest BCUT2D eigenvalue weighted by atomic mass is 32.1. The quantitative estimate of drug-likeness (QED) is 0.521. The maximum atomic E-state index is 9.03. The monoisotopic (exact) mass is 217 g/mol. The van der Waals surface area contributed by atoms with Gasteiger partial charge >= 0.3 is 0 Å². The van der Waals surface area contributed by atoms with E-state index < -0.39 is 5.54 Å². The minimum Gasteiger partial charge on any atom is -0.394 e. The number of nitrogens with one attached hydrogen (secondary N) is 1. The fraction of sp³-hybridized carbons (Fsp3) is 0.556. The van der Waals surface area contributed by atoms with Crippen molar-refractivity contribution in [3.8, 4) is 0 Å². The summed E-state index contributed by atoms with van der Waals surface area (Å²) >= 11 is 1.59. The Morgan fingerprint density at radius 3 is 2.29 bits per heavy atom. The minimum absolute atomic E-state index is 0.286. The van der Waals surface area contributed by atoms with Crippen molar-refractivity contribution in [2.45, 2.75) is 12.1 Å². The molecule has 0 saturated carbocycles. The largest absolute Gasteiger partial charge is 0.394 e. The molecule has 4 nitrogen and oxygen atoms in total. The third-order valence-electron chi connectivity index (χ3n) is 2.13. The molecule has 4 N–H and O–H groups in total. The zero-order valence-electron chi connectivity index (χ0n) is 7.81. The maximum Gasteiger partial charge on any atom is 0.0884 e. The summed E-state index contributed by atoms with van der Waals surface area (Å²) in [5.41, 5.74) is -0.982. The second-order valence-electron chi connectivity index (χ2n) is 3.19. The van der Waals surface area contributed by atoms with Gasteiger partial charge in [-0.15, -0.1) is 11.3 Å². The first kappa shape index (κ1) is 11.6. The molecule has 0 aliphatic carbocycles. The van der Waals surface area contributed by atoms with Crippen LogP contribution in [0.3, 0.4) is 0 Å². The lowest BCUT2D eigenvalue weighted by Crippen LogP contribution is -2.54. The van der Waals surface area contributed by atoms with Crippen LogP contribution in [0.15, 0.2) is 17.5 Å². The molecule has 1 aromatic rings. The number of hydrogen-bond donors (Lipinski definition) is 4. The van der Waals surface area contributed by atoms with E-state index in [1.165, 1.54) is 0 Å². The van der Waals surface area contributed by atoms with Crippen molar-refractivity contribution in [3.05, 3.63) is 22.4 Å². The van der Waals surface area contributed by atoms with Crippen molar-refractivity contribution >= 4 is 11.3 Å². The highest BCUT2D eigenvalue weighted by Crippen LogP contribution is 2.10. The average Bonchev–Trinajstić information content (AvgIpc) is 2.74. The molecule has 0 fully saturated rings. The smallest absolute Gasteiger partial charge is 0.0884 e. The molecule has 1 rings (SSSR count). The summed E-state index contributed by atoms with van der Waals surface area (Å²) in [6, 6.07) is 3.88. The molecule has 1 heterocycles. The first-order valence-corrected chi connectivity index (χ1v) is 5.24. The molecule has 0 aliphatic heterocycles. The van der Waals surface area contributed by atoms with E-state index in [9.17, 15) is 0 Å². The van der Waals surface area contributed by atoms with Crippen LogP contribution in [0, 0.1) is 0 Å². The Hall–Kier alpha value is -0.460. The lowest BCUT2D eigenvalue weighted by Gasteiger charge is -2.28. The van der Waals surface area contributed by atoms with Crippen LogP contribution in [0.2, 0.25) is 0 Å². The number of aliphatic hydroxyl groups is 3. The predicted molar refractivity (Wildman–Crippen MR) is 55.1 cm³/mol. The Morgan fingerprint density at radius 1 is 1.21 bits per heavy atom. The van der Waals surface area contributed by atoms with E-state index in [-0.39, 0.29) is 19.8 Å². The third-order valence-corrected chi connectivity index (χ3v) is 3.00. The molecule has 0 saturated heterocycles. The topological polar surface area (TPSA) is 72.7 Å². The Morgan fingerprint density at radius 2 is 1.86 bits per heavy atom. The van der Waals surface area contributed by atoms with Gasteiger partial charge in [-0.3, -0.25) is 0 Å². The second-order valence-corrected chi connectivity index (χ2v) is 4.22. The molecule has 1 aromatic heterocycles. The predicted octanol–water partition coefficient (Wildman–Crippen LogP) is -0.447. The van der Waals surface area contributed by atoms with Crippen LogP contribution in [-0.2, 0) is 6.54 Å². The molecular weight excluding hydrogens is 202 g/mol. The molecule has 0 aliphatic rings. The summed E-state index contributed by atoms with van der Waals surface area (Å²) in [5, 5.41) is 32.0. The molecule has 0 unspecified atom stereocenters. The van der Waals surface area contributed by atoms with Crippen LogP contribution < -0.4 is 5.32 Å². The summed E-state index contributed by atoms with van der Waals surface area (Å²) in [5.74, 6) is 0. The van der Waals surface area contributed by atoms with Crippen LogP contribution >= 0.6 is 11.3 Å². The molecule has 80 valence electrons. The van der Waals surface area contributed by atoms with Crippen molar-refractivity contribution in [1.82, 2.24) is 5.32 Å². The van der Waals surface area contributed by atoms with Crippen LogP contribution in [0.5, 0.6) is 0 Å². The highest BCUT2D eigenvalue weighted by Gasteiger charge is 2.26. The van der Waals surface area contributed by atoms with Crippen molar-refractivity contribution in [2.75, 3.05) is 19.8 Å². The van der Waals surface area contributed by atoms with Crippen LogP contribution in [0.4, 0.5) is 0 Å². The van der Waals surface area contributed by atoms with Gasteiger partial charge in [-0.25, -0.2) is 0 Å². The molecule has 14 heavy (non-hydrogen) atoms. The Bertz CT molecular complexity index is 238. The normalized spacial score (nSPS) is 11.9. The van der Waals surface area contributed by atoms with Gasteiger partial charge in [-0.1, -0.05) is 6.07 Å². The van der Waals surface area contributed by atoms with Crippen molar-refractivity contribution in [3.63, 3.8) is 0 Å². The van der Waals surface area contributed by atoms with Crippen LogP contribution in [0.1, 0.15) is 4.88 Å². The Balaban J connectivity index is 2.48. The number of rotatable bonds is 6. The fourth-order valence-corrected chi connectivity index (χ4v) is 1.65. The summed E-state index contributed by atoms with van der Waals surface area (Å²) in [6.07, 6.45) is 0. The van der Waals surface area contributed by atoms with Crippen molar-refractivity contribution in [2.24, 2.45) is 0 Å². The van der Waals surface area contributed by atoms with E-state index in [2.05, 4.69) is 5.32 Å². The number of hydrogen-bond acceptors (Lipinski definition) is 5. The van der Waals surface area contributed by atoms with Gasteiger partial charge in [0.2, 0.25) is 0 Å². The highest BCUT2D eigenvalue weighted by molar-refractivity contribution is 7.09. The van der Waals surface area contributed by atoms with Gasteiger partial charge in [0.25, 0.3) is 0 Å². The third kappa shape index (κ3) is 2.76. The Kier molecular flexibility index (Phi) is 4.50. The maximum absolute atomic E-state index is 9.03. The van der Waals surface area contributed by atoms with Crippen molar-refractivity contribution < 1.29 is 15.3 Å². The van der Waals surface area contributed by atoms with E-state index in [1.807, 2.05) is 17.5 Å². The van der Waals surface area contributed by atoms with Gasteiger partial charge in [0.15, 0.2) is 0 Å². The SMILES string of the molecule is OCC(CO)(CO)NCc1cccs1. The fourth-order valence-electron chi connectivity index (χ4n) is 1.01. The molecule has 5 heteroatoms. The zero-order chi connectivity index (χ0) is 10.4. The second kappa shape index (κ2) is 5.43. The van der Waals surface area contributed by atoms with Crippen LogP contribution in [0.25, 0.3) is 0 Å². The van der Waals surface area contributed by atoms with Crippen LogP contribution in [-0.4, -0.2) is 40.7 Å². The van der Waals surface area contributed by atoms with Gasteiger partial charge in [-0.2, -0.15) is 0 Å². The van der Waals surface area contributed by atoms with Gasteiger partial charge in [0, 0.05) is 11.4 Å². The molecule has 0 spiro atoms. The summed E-state index contributed by atoms with van der Waals surface area (Å²) in [4.78, 5) is 1.10. The van der Waals surface area contributed by atoms with Gasteiger partial charge in [0.05, 0.1) is 25.4 Å². The lowest BCUT2D eigenvalue weighted by atomic mass is 10.0. The van der Waals surface area contributed by atoms with E-state index in [0.717, 1.165) is 4.88 Å². The molecular formula is C9H15NO3S. The summed E-state index contributed by atoms with van der Waals surface area (Å²) in [6.45, 7) is -0.318. The first-order chi connectivity index (χ1) is 6.76. The van der Waals surface area contributed by atoms with Gasteiger partial charge in [-0.05, 0) is 11.4 Å². The molecule has 0 aromatic carbocycles. The number of aliphatic hydroxyl groups excluding tert-OH is 3. The van der Waals surface area contributed by atoms with E-state index >= 15 is 0 Å². The minimum atomic E-state index is -0.982. The first-order valence-electron chi connectivity index (χ1n) is 4.36. The molecule has 0 bridgehead atoms. The van der Waals surface area contributed by atoms with E-state index in [4.69, 9.17) is 15.3 Å². The molecule has 0 atom stereocenters. The standard InChI is InChI=1S/C9H15NO3S/c11-5-9(6-12,7-13)10-4-8-2-1-3-14-8/h1-3,10-13H,4-7H2. The zero-order valence-corrected chi connectivity index (χ0v) is 8.63. The molecule has 0 amide bonds. The van der Waals surface area contributed by atoms with Gasteiger partial charge in [0.1, 0.15) is 0 Å².